The van der Waals surface area contributed by atoms with Crippen LogP contribution in [0.1, 0.15) is 67.5 Å². The number of aryl methyl sites for hydroxylation is 1. The first kappa shape index (κ1) is 36.6. The van der Waals surface area contributed by atoms with Crippen LogP contribution in [-0.2, 0) is 33.2 Å². The summed E-state index contributed by atoms with van der Waals surface area (Å²) in [6.07, 6.45) is 7.90. The molecular weight excluding hydrogens is 679 g/mol. The fraction of sp³-hybridized carbons (Fsp3) is 0.341. The van der Waals surface area contributed by atoms with Gasteiger partial charge in [-0.15, -0.1) is 0 Å². The number of anilines is 1. The average Bonchev–Trinajstić information content (AvgIpc) is 3.64. The van der Waals surface area contributed by atoms with E-state index in [0.29, 0.717) is 49.9 Å². The van der Waals surface area contributed by atoms with Crippen molar-refractivity contribution >= 4 is 21.6 Å². The largest absolute Gasteiger partial charge is 0.383 e. The monoisotopic (exact) mass is 728 g/mol. The van der Waals surface area contributed by atoms with Crippen molar-refractivity contribution in [1.82, 2.24) is 19.2 Å². The molecule has 275 valence electrons. The van der Waals surface area contributed by atoms with Gasteiger partial charge >= 0.3 is 0 Å². The number of rotatable bonds is 12. The SMILES string of the molecule is [CH2]C1C[C@H](C)CCN1C(=O)C(CCCc1cn(C(c2ccccc2)(c2ccccc2)c2ccccc2)cn1)NS(=O)(=O)c1cccc2c1NCC(C)C2. The van der Waals surface area contributed by atoms with E-state index in [9.17, 15) is 13.2 Å². The molecule has 1 saturated heterocycles. The number of amides is 1. The number of benzene rings is 4. The van der Waals surface area contributed by atoms with Gasteiger partial charge in [0.15, 0.2) is 0 Å². The van der Waals surface area contributed by atoms with Gasteiger partial charge in [0, 0.05) is 25.3 Å². The predicted octanol–water partition coefficient (Wildman–Crippen LogP) is 7.46. The van der Waals surface area contributed by atoms with Gasteiger partial charge in [0.05, 0.1) is 17.7 Å². The Morgan fingerprint density at radius 3 is 2.13 bits per heavy atom. The lowest BCUT2D eigenvalue weighted by molar-refractivity contribution is -0.136. The highest BCUT2D eigenvalue weighted by Crippen LogP contribution is 2.41. The number of fused-ring (bicyclic) bond motifs is 1. The van der Waals surface area contributed by atoms with Crippen LogP contribution in [0.3, 0.4) is 0 Å². The molecule has 7 rings (SSSR count). The van der Waals surface area contributed by atoms with Gasteiger partial charge < -0.3 is 14.8 Å². The van der Waals surface area contributed by atoms with Crippen LogP contribution in [0.4, 0.5) is 5.69 Å². The molecule has 0 spiro atoms. The third-order valence-electron chi connectivity index (χ3n) is 11.0. The number of hydrogen-bond acceptors (Lipinski definition) is 5. The molecule has 8 nitrogen and oxygen atoms in total. The molecule has 1 radical (unpaired) electrons. The maximum Gasteiger partial charge on any atom is 0.243 e. The van der Waals surface area contributed by atoms with E-state index in [1.54, 1.807) is 17.0 Å². The summed E-state index contributed by atoms with van der Waals surface area (Å²) >= 11 is 0. The number of aromatic nitrogens is 2. The highest BCUT2D eigenvalue weighted by atomic mass is 32.2. The summed E-state index contributed by atoms with van der Waals surface area (Å²) < 4.78 is 33.3. The van der Waals surface area contributed by atoms with Crippen molar-refractivity contribution in [2.24, 2.45) is 11.8 Å². The van der Waals surface area contributed by atoms with E-state index >= 15 is 0 Å². The minimum absolute atomic E-state index is 0.191. The van der Waals surface area contributed by atoms with Gasteiger partial charge in [0.1, 0.15) is 16.5 Å². The molecule has 3 unspecified atom stereocenters. The van der Waals surface area contributed by atoms with Crippen LogP contribution in [0.25, 0.3) is 0 Å². The van der Waals surface area contributed by atoms with Gasteiger partial charge in [-0.1, -0.05) is 117 Å². The Hall–Kier alpha value is -4.73. The second kappa shape index (κ2) is 15.7. The Balaban J connectivity index is 1.17. The fourth-order valence-electron chi connectivity index (χ4n) is 8.27. The topological polar surface area (TPSA) is 96.3 Å². The first-order chi connectivity index (χ1) is 25.7. The lowest BCUT2D eigenvalue weighted by Crippen LogP contribution is -2.53. The number of imidazole rings is 1. The molecule has 0 saturated carbocycles. The van der Waals surface area contributed by atoms with Crippen LogP contribution in [0.5, 0.6) is 0 Å². The molecule has 1 aromatic heterocycles. The summed E-state index contributed by atoms with van der Waals surface area (Å²) in [6, 6.07) is 35.6. The van der Waals surface area contributed by atoms with Crippen molar-refractivity contribution in [2.45, 2.75) is 74.9 Å². The summed E-state index contributed by atoms with van der Waals surface area (Å²) in [5, 5.41) is 3.34. The summed E-state index contributed by atoms with van der Waals surface area (Å²) in [7, 11) is -4.03. The van der Waals surface area contributed by atoms with Gasteiger partial charge in [0.2, 0.25) is 15.9 Å². The molecule has 1 amide bonds. The molecule has 0 bridgehead atoms. The summed E-state index contributed by atoms with van der Waals surface area (Å²) in [5.41, 5.74) is 5.11. The van der Waals surface area contributed by atoms with E-state index in [1.165, 1.54) is 0 Å². The molecule has 5 aromatic rings. The van der Waals surface area contributed by atoms with E-state index in [2.05, 4.69) is 114 Å². The normalized spacial score (nSPS) is 19.6. The average molecular weight is 729 g/mol. The highest BCUT2D eigenvalue weighted by molar-refractivity contribution is 7.89. The number of hydrogen-bond donors (Lipinski definition) is 2. The van der Waals surface area contributed by atoms with Crippen LogP contribution in [0.2, 0.25) is 0 Å². The van der Waals surface area contributed by atoms with Crippen LogP contribution < -0.4 is 10.0 Å². The number of carbonyl (C=O) groups is 1. The quantitative estimate of drug-likeness (QED) is 0.130. The predicted molar refractivity (Wildman–Crippen MR) is 211 cm³/mol. The third-order valence-corrected chi connectivity index (χ3v) is 12.5. The molecule has 4 aromatic carbocycles. The Labute approximate surface area is 314 Å². The number of carbonyl (C=O) groups excluding carboxylic acids is 1. The van der Waals surface area contributed by atoms with Crippen molar-refractivity contribution in [2.75, 3.05) is 18.4 Å². The third kappa shape index (κ3) is 7.55. The summed E-state index contributed by atoms with van der Waals surface area (Å²) in [4.78, 5) is 21.1. The van der Waals surface area contributed by atoms with E-state index in [-0.39, 0.29) is 16.8 Å². The van der Waals surface area contributed by atoms with Crippen LogP contribution in [0.15, 0.2) is 127 Å². The van der Waals surface area contributed by atoms with Gasteiger partial charge in [-0.3, -0.25) is 4.79 Å². The first-order valence-electron chi connectivity index (χ1n) is 18.9. The Bertz CT molecular complexity index is 2010. The van der Waals surface area contributed by atoms with Gasteiger partial charge in [-0.25, -0.2) is 13.4 Å². The summed E-state index contributed by atoms with van der Waals surface area (Å²) in [5.74, 6) is 0.652. The highest BCUT2D eigenvalue weighted by Gasteiger charge is 2.39. The molecule has 1 fully saturated rings. The minimum atomic E-state index is -4.03. The maximum absolute atomic E-state index is 14.2. The van der Waals surface area contributed by atoms with Crippen LogP contribution in [0, 0.1) is 18.8 Å². The molecule has 4 atom stereocenters. The van der Waals surface area contributed by atoms with Gasteiger partial charge in [-0.2, -0.15) is 4.72 Å². The van der Waals surface area contributed by atoms with Crippen molar-refractivity contribution in [1.29, 1.82) is 0 Å². The van der Waals surface area contributed by atoms with Crippen LogP contribution >= 0.6 is 0 Å². The maximum atomic E-state index is 14.2. The summed E-state index contributed by atoms with van der Waals surface area (Å²) in [6.45, 7) is 9.87. The molecule has 2 N–H and O–H groups in total. The van der Waals surface area contributed by atoms with Crippen molar-refractivity contribution < 1.29 is 13.2 Å². The lowest BCUT2D eigenvalue weighted by Gasteiger charge is -2.38. The molecule has 9 heteroatoms. The fourth-order valence-corrected chi connectivity index (χ4v) is 9.72. The van der Waals surface area contributed by atoms with Crippen molar-refractivity contribution in [3.05, 3.63) is 157 Å². The minimum Gasteiger partial charge on any atom is -0.383 e. The Kier molecular flexibility index (Phi) is 10.9. The number of para-hydroxylation sites is 1. The number of nitrogens with zero attached hydrogens (tertiary/aromatic N) is 3. The molecule has 2 aliphatic rings. The van der Waals surface area contributed by atoms with Crippen molar-refractivity contribution in [3.8, 4) is 0 Å². The standard InChI is InChI=1S/C44H50N5O3S/c1-32-25-26-49(34(3)27-32)43(50)40(47-53(51,52)41-24-13-15-35-28-33(2)29-45-42(35)41)23-14-22-39-30-48(31-46-39)44(36-16-7-4-8-17-36,37-18-9-5-10-19-37)38-20-11-6-12-21-38/h4-13,15-21,24,30-34,40,45,47H,3,14,22-23,25-29H2,1-2H3/t32-,33?,34?,40?/m1/s1. The first-order valence-corrected chi connectivity index (χ1v) is 20.4. The lowest BCUT2D eigenvalue weighted by atomic mass is 9.77. The molecule has 53 heavy (non-hydrogen) atoms. The second-order valence-corrected chi connectivity index (χ2v) is 16.6. The van der Waals surface area contributed by atoms with E-state index in [4.69, 9.17) is 4.98 Å². The van der Waals surface area contributed by atoms with E-state index in [1.807, 2.05) is 30.6 Å². The zero-order valence-electron chi connectivity index (χ0n) is 30.7. The molecule has 2 aliphatic heterocycles. The molecule has 3 heterocycles. The number of piperidine rings is 1. The number of sulfonamides is 1. The van der Waals surface area contributed by atoms with Crippen molar-refractivity contribution in [3.63, 3.8) is 0 Å². The Morgan fingerprint density at radius 1 is 0.906 bits per heavy atom. The van der Waals surface area contributed by atoms with Gasteiger partial charge in [0.25, 0.3) is 0 Å². The number of nitrogens with one attached hydrogen (secondary N) is 2. The van der Waals surface area contributed by atoms with E-state index in [0.717, 1.165) is 47.2 Å². The van der Waals surface area contributed by atoms with E-state index < -0.39 is 21.6 Å². The smallest absolute Gasteiger partial charge is 0.243 e. The second-order valence-electron chi connectivity index (χ2n) is 14.9. The zero-order chi connectivity index (χ0) is 37.0. The van der Waals surface area contributed by atoms with Crippen LogP contribution in [-0.4, -0.2) is 53.9 Å². The Morgan fingerprint density at radius 2 is 1.53 bits per heavy atom. The van der Waals surface area contributed by atoms with Gasteiger partial charge in [-0.05, 0) is 85.6 Å². The zero-order valence-corrected chi connectivity index (χ0v) is 31.5. The molecular formula is C44H50N5O3S. The molecule has 0 aliphatic carbocycles. The number of likely N-dealkylation sites (tertiary alicyclic amines) is 1.